The van der Waals surface area contributed by atoms with Gasteiger partial charge in [-0.05, 0) is 56.1 Å². The molecular formula is C20H27N3O3. The fraction of sp³-hybridized carbons (Fsp3) is 0.450. The highest BCUT2D eigenvalue weighted by molar-refractivity contribution is 5.73. The Labute approximate surface area is 154 Å². The Hall–Kier alpha value is -2.47. The molecule has 0 saturated carbocycles. The number of para-hydroxylation sites is 1. The van der Waals surface area contributed by atoms with Crippen LogP contribution in [-0.2, 0) is 6.42 Å². The first kappa shape index (κ1) is 18.3. The fourth-order valence-electron chi connectivity index (χ4n) is 3.42. The number of likely N-dealkylation sites (tertiary alicyclic amines) is 1. The maximum Gasteiger partial charge on any atom is 0.314 e. The van der Waals surface area contributed by atoms with Crippen molar-refractivity contribution in [2.24, 2.45) is 0 Å². The Morgan fingerprint density at radius 1 is 1.19 bits per heavy atom. The molecule has 3 rings (SSSR count). The predicted molar refractivity (Wildman–Crippen MR) is 100 cm³/mol. The summed E-state index contributed by atoms with van der Waals surface area (Å²) < 4.78 is 10.9. The quantitative estimate of drug-likeness (QED) is 0.762. The van der Waals surface area contributed by atoms with Crippen LogP contribution in [0.5, 0.6) is 5.75 Å². The van der Waals surface area contributed by atoms with E-state index in [1.165, 1.54) is 12.8 Å². The fourth-order valence-corrected chi connectivity index (χ4v) is 3.42. The van der Waals surface area contributed by atoms with Crippen LogP contribution in [0.4, 0.5) is 4.79 Å². The van der Waals surface area contributed by atoms with Gasteiger partial charge in [-0.2, -0.15) is 0 Å². The molecule has 1 aromatic heterocycles. The molecule has 2 amide bonds. The third kappa shape index (κ3) is 4.79. The summed E-state index contributed by atoms with van der Waals surface area (Å²) in [6, 6.07) is 11.7. The number of amides is 2. The summed E-state index contributed by atoms with van der Waals surface area (Å²) >= 11 is 0. The minimum Gasteiger partial charge on any atom is -0.496 e. The number of hydrogen-bond donors (Lipinski definition) is 2. The van der Waals surface area contributed by atoms with Gasteiger partial charge in [-0.15, -0.1) is 0 Å². The normalized spacial score (nSPS) is 15.6. The molecule has 1 aliphatic heterocycles. The second-order valence-corrected chi connectivity index (χ2v) is 6.47. The van der Waals surface area contributed by atoms with E-state index in [4.69, 9.17) is 9.15 Å². The number of urea groups is 1. The second-order valence-electron chi connectivity index (χ2n) is 6.47. The highest BCUT2D eigenvalue weighted by Crippen LogP contribution is 2.24. The van der Waals surface area contributed by atoms with E-state index in [2.05, 4.69) is 15.5 Å². The molecule has 0 radical (unpaired) electrons. The van der Waals surface area contributed by atoms with Gasteiger partial charge in [0, 0.05) is 13.1 Å². The summed E-state index contributed by atoms with van der Waals surface area (Å²) in [7, 11) is 1.66. The largest absolute Gasteiger partial charge is 0.496 e. The lowest BCUT2D eigenvalue weighted by Crippen LogP contribution is -2.42. The zero-order chi connectivity index (χ0) is 18.2. The number of rotatable bonds is 8. The summed E-state index contributed by atoms with van der Waals surface area (Å²) in [5, 5.41) is 5.90. The number of carbonyl (C=O) groups is 1. The summed E-state index contributed by atoms with van der Waals surface area (Å²) in [6.07, 6.45) is 4.81. The van der Waals surface area contributed by atoms with Crippen LogP contribution >= 0.6 is 0 Å². The van der Waals surface area contributed by atoms with Crippen molar-refractivity contribution in [3.63, 3.8) is 0 Å². The van der Waals surface area contributed by atoms with Crippen LogP contribution in [0, 0.1) is 0 Å². The zero-order valence-corrected chi connectivity index (χ0v) is 15.2. The van der Waals surface area contributed by atoms with E-state index < -0.39 is 0 Å². The van der Waals surface area contributed by atoms with Gasteiger partial charge < -0.3 is 19.8 Å². The van der Waals surface area contributed by atoms with Crippen molar-refractivity contribution in [3.05, 3.63) is 54.0 Å². The number of nitrogens with one attached hydrogen (secondary N) is 2. The van der Waals surface area contributed by atoms with E-state index in [9.17, 15) is 4.79 Å². The van der Waals surface area contributed by atoms with Gasteiger partial charge in [0.1, 0.15) is 11.5 Å². The monoisotopic (exact) mass is 357 g/mol. The Bertz CT molecular complexity index is 681. The molecule has 0 aliphatic carbocycles. The van der Waals surface area contributed by atoms with E-state index in [0.717, 1.165) is 36.6 Å². The summed E-state index contributed by atoms with van der Waals surface area (Å²) in [6.45, 7) is 3.18. The minimum absolute atomic E-state index is 0.0902. The zero-order valence-electron chi connectivity index (χ0n) is 15.2. The van der Waals surface area contributed by atoms with Crippen LogP contribution in [0.15, 0.2) is 47.1 Å². The van der Waals surface area contributed by atoms with Gasteiger partial charge in [0.2, 0.25) is 0 Å². The lowest BCUT2D eigenvalue weighted by atomic mass is 10.1. The molecule has 1 aliphatic rings. The molecule has 1 saturated heterocycles. The van der Waals surface area contributed by atoms with Gasteiger partial charge in [-0.1, -0.05) is 18.2 Å². The molecule has 1 aromatic carbocycles. The smallest absolute Gasteiger partial charge is 0.314 e. The second kappa shape index (κ2) is 9.29. The first-order chi connectivity index (χ1) is 12.8. The van der Waals surface area contributed by atoms with Gasteiger partial charge in [0.15, 0.2) is 0 Å². The third-order valence-electron chi connectivity index (χ3n) is 4.78. The van der Waals surface area contributed by atoms with E-state index >= 15 is 0 Å². The predicted octanol–water partition coefficient (Wildman–Crippen LogP) is 2.97. The maximum atomic E-state index is 12.2. The van der Waals surface area contributed by atoms with Crippen molar-refractivity contribution in [2.45, 2.75) is 25.3 Å². The molecule has 0 spiro atoms. The minimum atomic E-state index is -0.157. The standard InChI is InChI=1S/C20H27N3O3/c1-25-18-8-3-2-7-16(18)10-11-21-20(24)22-15-17(19-9-6-14-26-19)23-12-4-5-13-23/h2-3,6-9,14,17H,4-5,10-13,15H2,1H3,(H2,21,22,24). The molecule has 6 heteroatoms. The molecule has 2 aromatic rings. The first-order valence-electron chi connectivity index (χ1n) is 9.19. The van der Waals surface area contributed by atoms with Crippen molar-refractivity contribution in [1.82, 2.24) is 15.5 Å². The van der Waals surface area contributed by atoms with Gasteiger partial charge in [0.25, 0.3) is 0 Å². The van der Waals surface area contributed by atoms with Crippen LogP contribution < -0.4 is 15.4 Å². The Morgan fingerprint density at radius 3 is 2.73 bits per heavy atom. The van der Waals surface area contributed by atoms with E-state index in [1.54, 1.807) is 13.4 Å². The summed E-state index contributed by atoms with van der Waals surface area (Å²) in [5.41, 5.74) is 1.08. The van der Waals surface area contributed by atoms with Crippen molar-refractivity contribution in [1.29, 1.82) is 0 Å². The lowest BCUT2D eigenvalue weighted by molar-refractivity contribution is 0.203. The Balaban J connectivity index is 1.46. The lowest BCUT2D eigenvalue weighted by Gasteiger charge is -2.26. The maximum absolute atomic E-state index is 12.2. The van der Waals surface area contributed by atoms with Crippen LogP contribution in [0.3, 0.4) is 0 Å². The average molecular weight is 357 g/mol. The number of nitrogens with zero attached hydrogens (tertiary/aromatic N) is 1. The van der Waals surface area contributed by atoms with E-state index in [0.29, 0.717) is 13.1 Å². The summed E-state index contributed by atoms with van der Waals surface area (Å²) in [5.74, 6) is 1.75. The molecule has 2 heterocycles. The number of hydrogen-bond acceptors (Lipinski definition) is 4. The van der Waals surface area contributed by atoms with Crippen molar-refractivity contribution in [3.8, 4) is 5.75 Å². The van der Waals surface area contributed by atoms with Gasteiger partial charge in [-0.3, -0.25) is 4.90 Å². The van der Waals surface area contributed by atoms with Crippen LogP contribution in [-0.4, -0.2) is 44.2 Å². The highest BCUT2D eigenvalue weighted by atomic mass is 16.5. The van der Waals surface area contributed by atoms with Crippen LogP contribution in [0.1, 0.15) is 30.2 Å². The SMILES string of the molecule is COc1ccccc1CCNC(=O)NCC(c1ccco1)N1CCCC1. The number of ether oxygens (including phenoxy) is 1. The van der Waals surface area contributed by atoms with E-state index in [1.807, 2.05) is 36.4 Å². The topological polar surface area (TPSA) is 66.7 Å². The molecule has 1 unspecified atom stereocenters. The Morgan fingerprint density at radius 2 is 2.00 bits per heavy atom. The van der Waals surface area contributed by atoms with Crippen molar-refractivity contribution < 1.29 is 13.9 Å². The third-order valence-corrected chi connectivity index (χ3v) is 4.78. The van der Waals surface area contributed by atoms with Crippen molar-refractivity contribution >= 4 is 6.03 Å². The molecule has 6 nitrogen and oxygen atoms in total. The molecule has 140 valence electrons. The molecule has 0 bridgehead atoms. The number of methoxy groups -OCH3 is 1. The molecule has 26 heavy (non-hydrogen) atoms. The molecular weight excluding hydrogens is 330 g/mol. The van der Waals surface area contributed by atoms with Gasteiger partial charge in [0.05, 0.1) is 19.4 Å². The Kier molecular flexibility index (Phi) is 6.55. The molecule has 1 fully saturated rings. The van der Waals surface area contributed by atoms with E-state index in [-0.39, 0.29) is 12.1 Å². The number of benzene rings is 1. The average Bonchev–Trinajstić information content (AvgIpc) is 3.37. The van der Waals surface area contributed by atoms with Gasteiger partial charge in [-0.25, -0.2) is 4.79 Å². The molecule has 1 atom stereocenters. The van der Waals surface area contributed by atoms with Crippen LogP contribution in [0.25, 0.3) is 0 Å². The molecule has 2 N–H and O–H groups in total. The van der Waals surface area contributed by atoms with Crippen LogP contribution in [0.2, 0.25) is 0 Å². The number of furan rings is 1. The van der Waals surface area contributed by atoms with Crippen molar-refractivity contribution in [2.75, 3.05) is 33.3 Å². The number of carbonyl (C=O) groups excluding carboxylic acids is 1. The summed E-state index contributed by atoms with van der Waals surface area (Å²) in [4.78, 5) is 14.5. The first-order valence-corrected chi connectivity index (χ1v) is 9.19. The van der Waals surface area contributed by atoms with Gasteiger partial charge >= 0.3 is 6.03 Å². The highest BCUT2D eigenvalue weighted by Gasteiger charge is 2.25.